The van der Waals surface area contributed by atoms with Gasteiger partial charge in [0, 0.05) is 53.3 Å². The van der Waals surface area contributed by atoms with Crippen molar-refractivity contribution in [1.82, 2.24) is 19.9 Å². The van der Waals surface area contributed by atoms with Crippen LogP contribution in [-0.4, -0.2) is 26.4 Å². The first-order chi connectivity index (χ1) is 15.0. The van der Waals surface area contributed by atoms with E-state index in [9.17, 15) is 9.18 Å². The molecule has 2 aromatic carbocycles. The highest BCUT2D eigenvalue weighted by molar-refractivity contribution is 7.15. The zero-order chi connectivity index (χ0) is 21.4. The fourth-order valence-electron chi connectivity index (χ4n) is 3.69. The van der Waals surface area contributed by atoms with E-state index < -0.39 is 0 Å². The van der Waals surface area contributed by atoms with E-state index in [0.717, 1.165) is 33.3 Å². The Bertz CT molecular complexity index is 1280. The molecule has 5 rings (SSSR count). The third kappa shape index (κ3) is 4.30. The van der Waals surface area contributed by atoms with Gasteiger partial charge in [-0.1, -0.05) is 11.6 Å². The quantitative estimate of drug-likeness (QED) is 0.478. The third-order valence-electron chi connectivity index (χ3n) is 5.29. The van der Waals surface area contributed by atoms with Gasteiger partial charge in [0.05, 0.1) is 11.3 Å². The van der Waals surface area contributed by atoms with Crippen molar-refractivity contribution < 1.29 is 4.39 Å². The molecule has 0 atom stereocenters. The minimum absolute atomic E-state index is 0.101. The molecule has 1 aliphatic rings. The highest BCUT2D eigenvalue weighted by atomic mass is 35.5. The zero-order valence-corrected chi connectivity index (χ0v) is 18.0. The fraction of sp³-hybridized carbons (Fsp3) is 0.174. The van der Waals surface area contributed by atoms with E-state index >= 15 is 0 Å². The number of rotatable bonds is 4. The minimum Gasteiger partial charge on any atom is -0.306 e. The van der Waals surface area contributed by atoms with Gasteiger partial charge >= 0.3 is 0 Å². The predicted octanol–water partition coefficient (Wildman–Crippen LogP) is 4.91. The lowest BCUT2D eigenvalue weighted by molar-refractivity contribution is 0.244. The van der Waals surface area contributed by atoms with Crippen LogP contribution in [0.3, 0.4) is 0 Å². The molecule has 2 aromatic heterocycles. The predicted molar refractivity (Wildman–Crippen MR) is 121 cm³/mol. The summed E-state index contributed by atoms with van der Waals surface area (Å²) in [6, 6.07) is 13.6. The Hall–Kier alpha value is -2.87. The van der Waals surface area contributed by atoms with Crippen molar-refractivity contribution in [2.45, 2.75) is 19.5 Å². The van der Waals surface area contributed by atoms with Crippen LogP contribution in [-0.2, 0) is 19.5 Å². The summed E-state index contributed by atoms with van der Waals surface area (Å²) < 4.78 is 13.1. The van der Waals surface area contributed by atoms with Crippen molar-refractivity contribution in [3.8, 4) is 22.0 Å². The van der Waals surface area contributed by atoms with Crippen LogP contribution in [0.2, 0.25) is 5.02 Å². The molecule has 1 N–H and O–H groups in total. The summed E-state index contributed by atoms with van der Waals surface area (Å²) in [5, 5.41) is 1.50. The van der Waals surface area contributed by atoms with Crippen molar-refractivity contribution >= 4 is 22.9 Å². The molecule has 0 spiro atoms. The SMILES string of the molecule is O=c1[nH]c(-c2ccc(Cl)cc2)nc2c1CN(Cc1cnc(-c3ccc(F)cc3)s1)CC2. The first-order valence-corrected chi connectivity index (χ1v) is 11.1. The molecule has 1 aliphatic heterocycles. The van der Waals surface area contributed by atoms with Crippen LogP contribution < -0.4 is 5.56 Å². The Labute approximate surface area is 187 Å². The molecule has 31 heavy (non-hydrogen) atoms. The van der Waals surface area contributed by atoms with E-state index in [0.29, 0.717) is 35.9 Å². The lowest BCUT2D eigenvalue weighted by atomic mass is 10.1. The Morgan fingerprint density at radius 1 is 1.10 bits per heavy atom. The number of aromatic amines is 1. The molecule has 0 aliphatic carbocycles. The van der Waals surface area contributed by atoms with E-state index in [4.69, 9.17) is 16.6 Å². The summed E-state index contributed by atoms with van der Waals surface area (Å²) in [6.45, 7) is 2.06. The maximum Gasteiger partial charge on any atom is 0.255 e. The second-order valence-electron chi connectivity index (χ2n) is 7.45. The first kappa shape index (κ1) is 20.1. The van der Waals surface area contributed by atoms with Gasteiger partial charge in [0.1, 0.15) is 16.6 Å². The molecule has 3 heterocycles. The molecule has 0 bridgehead atoms. The number of hydrogen-bond acceptors (Lipinski definition) is 5. The van der Waals surface area contributed by atoms with Crippen LogP contribution in [0, 0.1) is 5.82 Å². The molecule has 4 aromatic rings. The van der Waals surface area contributed by atoms with Gasteiger partial charge < -0.3 is 4.98 Å². The third-order valence-corrected chi connectivity index (χ3v) is 6.57. The Balaban J connectivity index is 1.32. The number of nitrogens with one attached hydrogen (secondary N) is 1. The smallest absolute Gasteiger partial charge is 0.255 e. The van der Waals surface area contributed by atoms with Gasteiger partial charge in [0.2, 0.25) is 0 Å². The second-order valence-corrected chi connectivity index (χ2v) is 9.00. The molecular weight excluding hydrogens is 435 g/mol. The molecule has 0 unspecified atom stereocenters. The Morgan fingerprint density at radius 3 is 2.61 bits per heavy atom. The van der Waals surface area contributed by atoms with Crippen LogP contribution in [0.4, 0.5) is 4.39 Å². The van der Waals surface area contributed by atoms with E-state index in [-0.39, 0.29) is 11.4 Å². The Kier molecular flexibility index (Phi) is 5.40. The summed E-state index contributed by atoms with van der Waals surface area (Å²) >= 11 is 7.54. The zero-order valence-electron chi connectivity index (χ0n) is 16.4. The number of hydrogen-bond donors (Lipinski definition) is 1. The number of aromatic nitrogens is 3. The average Bonchev–Trinajstić information content (AvgIpc) is 3.23. The van der Waals surface area contributed by atoms with Gasteiger partial charge in [0.15, 0.2) is 0 Å². The molecule has 5 nitrogen and oxygen atoms in total. The molecule has 0 radical (unpaired) electrons. The monoisotopic (exact) mass is 452 g/mol. The van der Waals surface area contributed by atoms with Crippen LogP contribution in [0.1, 0.15) is 16.1 Å². The van der Waals surface area contributed by atoms with Crippen LogP contribution in [0.25, 0.3) is 22.0 Å². The van der Waals surface area contributed by atoms with E-state index in [1.165, 1.54) is 12.1 Å². The fourth-order valence-corrected chi connectivity index (χ4v) is 4.77. The average molecular weight is 453 g/mol. The van der Waals surface area contributed by atoms with Crippen molar-refractivity contribution in [2.24, 2.45) is 0 Å². The first-order valence-electron chi connectivity index (χ1n) is 9.86. The highest BCUT2D eigenvalue weighted by Crippen LogP contribution is 2.27. The van der Waals surface area contributed by atoms with Gasteiger partial charge in [-0.2, -0.15) is 0 Å². The molecule has 8 heteroatoms. The topological polar surface area (TPSA) is 61.9 Å². The molecule has 156 valence electrons. The van der Waals surface area contributed by atoms with E-state index in [2.05, 4.69) is 14.9 Å². The van der Waals surface area contributed by atoms with Crippen LogP contribution in [0.5, 0.6) is 0 Å². The summed E-state index contributed by atoms with van der Waals surface area (Å²) in [4.78, 5) is 28.2. The lowest BCUT2D eigenvalue weighted by Gasteiger charge is -2.27. The number of halogens is 2. The maximum absolute atomic E-state index is 13.1. The van der Waals surface area contributed by atoms with Crippen molar-refractivity contribution in [3.05, 3.63) is 92.1 Å². The summed E-state index contributed by atoms with van der Waals surface area (Å²) in [5.41, 5.74) is 3.20. The maximum atomic E-state index is 13.1. The number of thiazole rings is 1. The standard InChI is InChI=1S/C23H18ClFN4OS/c24-16-5-1-14(2-6-16)21-27-20-9-10-29(13-19(20)22(30)28-21)12-18-11-26-23(31-18)15-3-7-17(25)8-4-15/h1-8,11H,9-10,12-13H2,(H,27,28,30). The van der Waals surface area contributed by atoms with Crippen molar-refractivity contribution in [1.29, 1.82) is 0 Å². The minimum atomic E-state index is -0.259. The summed E-state index contributed by atoms with van der Waals surface area (Å²) in [6.07, 6.45) is 2.56. The van der Waals surface area contributed by atoms with Crippen molar-refractivity contribution in [3.63, 3.8) is 0 Å². The molecule has 0 saturated carbocycles. The van der Waals surface area contributed by atoms with Gasteiger partial charge in [-0.15, -0.1) is 11.3 Å². The van der Waals surface area contributed by atoms with Gasteiger partial charge in [-0.25, -0.2) is 14.4 Å². The van der Waals surface area contributed by atoms with Gasteiger partial charge in [0.25, 0.3) is 5.56 Å². The molecule has 0 amide bonds. The summed E-state index contributed by atoms with van der Waals surface area (Å²) in [5.74, 6) is 0.311. The van der Waals surface area contributed by atoms with Gasteiger partial charge in [-0.05, 0) is 48.5 Å². The van der Waals surface area contributed by atoms with Crippen LogP contribution in [0.15, 0.2) is 59.5 Å². The second kappa shape index (κ2) is 8.34. The number of H-pyrrole nitrogens is 1. The normalized spacial score (nSPS) is 13.9. The van der Waals surface area contributed by atoms with Crippen molar-refractivity contribution in [2.75, 3.05) is 6.54 Å². The number of nitrogens with zero attached hydrogens (tertiary/aromatic N) is 3. The van der Waals surface area contributed by atoms with E-state index in [1.807, 2.05) is 18.3 Å². The number of fused-ring (bicyclic) bond motifs is 1. The lowest BCUT2D eigenvalue weighted by Crippen LogP contribution is -2.35. The number of benzene rings is 2. The van der Waals surface area contributed by atoms with Gasteiger partial charge in [-0.3, -0.25) is 9.69 Å². The molecule has 0 saturated heterocycles. The Morgan fingerprint density at radius 2 is 1.84 bits per heavy atom. The molecule has 0 fully saturated rings. The van der Waals surface area contributed by atoms with E-state index in [1.54, 1.807) is 35.6 Å². The molecular formula is C23H18ClFN4OS. The summed E-state index contributed by atoms with van der Waals surface area (Å²) in [7, 11) is 0. The largest absolute Gasteiger partial charge is 0.306 e. The highest BCUT2D eigenvalue weighted by Gasteiger charge is 2.22. The van der Waals surface area contributed by atoms with Crippen LogP contribution >= 0.6 is 22.9 Å².